The summed E-state index contributed by atoms with van der Waals surface area (Å²) in [5.41, 5.74) is 1.49. The Morgan fingerprint density at radius 1 is 1.25 bits per heavy atom. The Labute approximate surface area is 141 Å². The molecule has 1 N–H and O–H groups in total. The summed E-state index contributed by atoms with van der Waals surface area (Å²) in [5.74, 6) is 0.211. The molecule has 1 aliphatic heterocycles. The van der Waals surface area contributed by atoms with Gasteiger partial charge in [0.15, 0.2) is 0 Å². The number of carbonyl (C=O) groups excluding carboxylic acids is 1. The van der Waals surface area contributed by atoms with E-state index in [9.17, 15) is 14.3 Å². The Morgan fingerprint density at radius 2 is 2.04 bits per heavy atom. The minimum atomic E-state index is -0.213. The Morgan fingerprint density at radius 3 is 2.75 bits per heavy atom. The van der Waals surface area contributed by atoms with Crippen molar-refractivity contribution in [2.75, 3.05) is 13.1 Å². The summed E-state index contributed by atoms with van der Waals surface area (Å²) < 4.78 is 12.9. The van der Waals surface area contributed by atoms with Crippen LogP contribution < -0.4 is 0 Å². The third-order valence-electron chi connectivity index (χ3n) is 4.53. The molecule has 2 heterocycles. The molecule has 0 aliphatic carbocycles. The monoisotopic (exact) mass is 328 g/mol. The van der Waals surface area contributed by atoms with E-state index in [-0.39, 0.29) is 17.5 Å². The number of halogens is 1. The third kappa shape index (κ3) is 4.10. The number of aromatic hydroxyl groups is 1. The molecule has 1 saturated heterocycles. The first-order chi connectivity index (χ1) is 11.6. The normalized spacial score (nSPS) is 17.7. The van der Waals surface area contributed by atoms with E-state index < -0.39 is 0 Å². The molecule has 1 aliphatic rings. The van der Waals surface area contributed by atoms with Crippen molar-refractivity contribution in [3.63, 3.8) is 0 Å². The van der Waals surface area contributed by atoms with Crippen LogP contribution in [0, 0.1) is 11.7 Å². The summed E-state index contributed by atoms with van der Waals surface area (Å²) in [5, 5.41) is 9.28. The summed E-state index contributed by atoms with van der Waals surface area (Å²) in [6, 6.07) is 9.66. The van der Waals surface area contributed by atoms with Crippen molar-refractivity contribution in [3.8, 4) is 5.75 Å². The van der Waals surface area contributed by atoms with E-state index in [4.69, 9.17) is 0 Å². The molecule has 1 fully saturated rings. The molecular weight excluding hydrogens is 307 g/mol. The van der Waals surface area contributed by atoms with Crippen LogP contribution >= 0.6 is 0 Å². The van der Waals surface area contributed by atoms with E-state index >= 15 is 0 Å². The molecule has 5 heteroatoms. The zero-order valence-corrected chi connectivity index (χ0v) is 13.5. The largest absolute Gasteiger partial charge is 0.506 e. The Kier molecular flexibility index (Phi) is 5.08. The van der Waals surface area contributed by atoms with Gasteiger partial charge in [0.05, 0.1) is 6.20 Å². The number of amides is 1. The van der Waals surface area contributed by atoms with Gasteiger partial charge in [0, 0.05) is 13.1 Å². The topological polar surface area (TPSA) is 53.4 Å². The molecule has 1 atom stereocenters. The highest BCUT2D eigenvalue weighted by Gasteiger charge is 2.25. The number of pyridine rings is 1. The molecule has 126 valence electrons. The molecule has 0 saturated carbocycles. The van der Waals surface area contributed by atoms with Gasteiger partial charge >= 0.3 is 0 Å². The maximum atomic E-state index is 12.9. The lowest BCUT2D eigenvalue weighted by Gasteiger charge is -2.32. The van der Waals surface area contributed by atoms with Gasteiger partial charge in [-0.15, -0.1) is 0 Å². The number of nitrogens with zero attached hydrogens (tertiary/aromatic N) is 2. The van der Waals surface area contributed by atoms with Crippen molar-refractivity contribution in [3.05, 3.63) is 59.7 Å². The van der Waals surface area contributed by atoms with E-state index in [1.807, 2.05) is 17.0 Å². The number of hydrogen-bond donors (Lipinski definition) is 1. The van der Waals surface area contributed by atoms with Gasteiger partial charge in [-0.05, 0) is 61.4 Å². The van der Waals surface area contributed by atoms with Gasteiger partial charge in [-0.2, -0.15) is 0 Å². The molecule has 1 aromatic heterocycles. The van der Waals surface area contributed by atoms with Crippen molar-refractivity contribution in [1.29, 1.82) is 0 Å². The molecule has 24 heavy (non-hydrogen) atoms. The van der Waals surface area contributed by atoms with Crippen LogP contribution in [0.15, 0.2) is 42.6 Å². The van der Waals surface area contributed by atoms with Crippen LogP contribution in [0.4, 0.5) is 4.39 Å². The standard InChI is InChI=1S/C19H21FN2O2/c20-16-7-5-14(6-8-16)3-4-15-2-1-11-22(13-15)19(24)18-10-9-17(23)12-21-18/h5-10,12,15,23H,1-4,11,13H2/t15-/m1/s1. The van der Waals surface area contributed by atoms with Crippen LogP contribution in [0.2, 0.25) is 0 Å². The highest BCUT2D eigenvalue weighted by molar-refractivity contribution is 5.92. The molecule has 0 bridgehead atoms. The second-order valence-corrected chi connectivity index (χ2v) is 6.33. The first kappa shape index (κ1) is 16.4. The molecular formula is C19H21FN2O2. The second kappa shape index (κ2) is 7.43. The number of aromatic nitrogens is 1. The lowest BCUT2D eigenvalue weighted by Crippen LogP contribution is -2.40. The van der Waals surface area contributed by atoms with Gasteiger partial charge in [-0.3, -0.25) is 4.79 Å². The van der Waals surface area contributed by atoms with Crippen LogP contribution in [0.1, 0.15) is 35.3 Å². The minimum absolute atomic E-state index is 0.0577. The van der Waals surface area contributed by atoms with Gasteiger partial charge in [-0.1, -0.05) is 12.1 Å². The summed E-state index contributed by atoms with van der Waals surface area (Å²) >= 11 is 0. The van der Waals surface area contributed by atoms with Crippen LogP contribution in [0.5, 0.6) is 5.75 Å². The predicted molar refractivity (Wildman–Crippen MR) is 89.3 cm³/mol. The van der Waals surface area contributed by atoms with Crippen LogP contribution in [-0.4, -0.2) is 34.0 Å². The molecule has 1 aromatic carbocycles. The van der Waals surface area contributed by atoms with Crippen LogP contribution in [-0.2, 0) is 6.42 Å². The number of carbonyl (C=O) groups is 1. The maximum absolute atomic E-state index is 12.9. The summed E-state index contributed by atoms with van der Waals surface area (Å²) in [6.45, 7) is 1.47. The van der Waals surface area contributed by atoms with Crippen LogP contribution in [0.3, 0.4) is 0 Å². The average Bonchev–Trinajstić information content (AvgIpc) is 2.61. The number of rotatable bonds is 4. The highest BCUT2D eigenvalue weighted by atomic mass is 19.1. The number of piperidine rings is 1. The van der Waals surface area contributed by atoms with Crippen molar-refractivity contribution >= 4 is 5.91 Å². The van der Waals surface area contributed by atoms with Crippen molar-refractivity contribution < 1.29 is 14.3 Å². The third-order valence-corrected chi connectivity index (χ3v) is 4.53. The quantitative estimate of drug-likeness (QED) is 0.936. The van der Waals surface area contributed by atoms with Crippen molar-refractivity contribution in [1.82, 2.24) is 9.88 Å². The zero-order chi connectivity index (χ0) is 16.9. The van der Waals surface area contributed by atoms with Crippen molar-refractivity contribution in [2.24, 2.45) is 5.92 Å². The van der Waals surface area contributed by atoms with Crippen molar-refractivity contribution in [2.45, 2.75) is 25.7 Å². The fourth-order valence-electron chi connectivity index (χ4n) is 3.18. The summed E-state index contributed by atoms with van der Waals surface area (Å²) in [7, 11) is 0. The Balaban J connectivity index is 1.56. The second-order valence-electron chi connectivity index (χ2n) is 6.33. The van der Waals surface area contributed by atoms with Gasteiger partial charge in [0.1, 0.15) is 17.3 Å². The lowest BCUT2D eigenvalue weighted by atomic mass is 9.91. The van der Waals surface area contributed by atoms with E-state index in [0.717, 1.165) is 44.3 Å². The lowest BCUT2D eigenvalue weighted by molar-refractivity contribution is 0.0662. The zero-order valence-electron chi connectivity index (χ0n) is 13.5. The smallest absolute Gasteiger partial charge is 0.272 e. The Hall–Kier alpha value is -2.43. The summed E-state index contributed by atoms with van der Waals surface area (Å²) in [4.78, 5) is 18.4. The molecule has 3 rings (SSSR count). The highest BCUT2D eigenvalue weighted by Crippen LogP contribution is 2.23. The average molecular weight is 328 g/mol. The number of aryl methyl sites for hydroxylation is 1. The first-order valence-corrected chi connectivity index (χ1v) is 8.30. The number of hydrogen-bond acceptors (Lipinski definition) is 3. The number of likely N-dealkylation sites (tertiary alicyclic amines) is 1. The molecule has 0 spiro atoms. The van der Waals surface area contributed by atoms with Gasteiger partial charge in [0.2, 0.25) is 0 Å². The van der Waals surface area contributed by atoms with Gasteiger partial charge in [-0.25, -0.2) is 9.37 Å². The SMILES string of the molecule is O=C(c1ccc(O)cn1)N1CCC[C@H](CCc2ccc(F)cc2)C1. The van der Waals surface area contributed by atoms with Crippen LogP contribution in [0.25, 0.3) is 0 Å². The van der Waals surface area contributed by atoms with E-state index in [1.54, 1.807) is 6.07 Å². The van der Waals surface area contributed by atoms with E-state index in [0.29, 0.717) is 11.6 Å². The van der Waals surface area contributed by atoms with Gasteiger partial charge in [0.25, 0.3) is 5.91 Å². The van der Waals surface area contributed by atoms with E-state index in [2.05, 4.69) is 4.98 Å². The Bertz CT molecular complexity index is 686. The summed E-state index contributed by atoms with van der Waals surface area (Å²) in [6.07, 6.45) is 5.26. The molecule has 0 radical (unpaired) electrons. The fourth-order valence-corrected chi connectivity index (χ4v) is 3.18. The maximum Gasteiger partial charge on any atom is 0.272 e. The molecule has 1 amide bonds. The first-order valence-electron chi connectivity index (χ1n) is 8.30. The molecule has 4 nitrogen and oxygen atoms in total. The van der Waals surface area contributed by atoms with E-state index in [1.165, 1.54) is 24.4 Å². The fraction of sp³-hybridized carbons (Fsp3) is 0.368. The molecule has 0 unspecified atom stereocenters. The van der Waals surface area contributed by atoms with Gasteiger partial charge < -0.3 is 10.0 Å². The predicted octanol–water partition coefficient (Wildman–Crippen LogP) is 3.41. The number of benzene rings is 1. The minimum Gasteiger partial charge on any atom is -0.506 e. The molecule has 2 aromatic rings.